The van der Waals surface area contributed by atoms with E-state index in [1.807, 2.05) is 0 Å². The maximum Gasteiger partial charge on any atom is 0.145 e. The van der Waals surface area contributed by atoms with Crippen LogP contribution < -0.4 is 0 Å². The van der Waals surface area contributed by atoms with Crippen molar-refractivity contribution in [1.82, 2.24) is 5.16 Å². The number of rotatable bonds is 1. The summed E-state index contributed by atoms with van der Waals surface area (Å²) in [6.45, 7) is 4.42. The van der Waals surface area contributed by atoms with Crippen LogP contribution >= 0.6 is 15.9 Å². The first-order chi connectivity index (χ1) is 5.65. The summed E-state index contributed by atoms with van der Waals surface area (Å²) in [5.74, 6) is 1.09. The molecule has 0 atom stereocenters. The lowest BCUT2D eigenvalue weighted by atomic mass is 9.92. The van der Waals surface area contributed by atoms with Gasteiger partial charge in [0, 0.05) is 16.3 Å². The molecule has 1 aromatic heterocycles. The summed E-state index contributed by atoms with van der Waals surface area (Å²) in [4.78, 5) is 0. The molecule has 1 heterocycles. The fourth-order valence-corrected chi connectivity index (χ4v) is 2.23. The molecule has 0 saturated carbocycles. The van der Waals surface area contributed by atoms with Crippen molar-refractivity contribution in [3.63, 3.8) is 0 Å². The number of fused-ring (bicyclic) bond motifs is 1. The molecule has 1 aliphatic carbocycles. The van der Waals surface area contributed by atoms with Gasteiger partial charge in [0.25, 0.3) is 0 Å². The molecule has 2 rings (SSSR count). The molecule has 0 saturated heterocycles. The molecule has 3 heteroatoms. The Morgan fingerprint density at radius 3 is 3.00 bits per heavy atom. The highest BCUT2D eigenvalue weighted by Gasteiger charge is 2.36. The van der Waals surface area contributed by atoms with Crippen molar-refractivity contribution in [2.75, 3.05) is 0 Å². The van der Waals surface area contributed by atoms with Crippen molar-refractivity contribution in [2.45, 2.75) is 37.4 Å². The van der Waals surface area contributed by atoms with E-state index in [9.17, 15) is 0 Å². The van der Waals surface area contributed by atoms with Crippen molar-refractivity contribution < 1.29 is 4.52 Å². The second kappa shape index (κ2) is 2.59. The number of aromatic nitrogens is 1. The first-order valence-electron chi connectivity index (χ1n) is 4.19. The van der Waals surface area contributed by atoms with Gasteiger partial charge in [-0.15, -0.1) is 0 Å². The van der Waals surface area contributed by atoms with Gasteiger partial charge in [0.2, 0.25) is 0 Å². The minimum Gasteiger partial charge on any atom is -0.360 e. The molecule has 0 aromatic carbocycles. The highest BCUT2D eigenvalue weighted by Crippen LogP contribution is 2.40. The molecule has 1 aliphatic rings. The average molecular weight is 230 g/mol. The quantitative estimate of drug-likeness (QED) is 0.693. The van der Waals surface area contributed by atoms with Gasteiger partial charge >= 0.3 is 0 Å². The van der Waals surface area contributed by atoms with Gasteiger partial charge in [-0.25, -0.2) is 0 Å². The SMILES string of the molecule is CC1(C)CCc2c(CBr)noc21. The third-order valence-corrected chi connectivity index (χ3v) is 3.14. The standard InChI is InChI=1S/C9H12BrNO/c1-9(2)4-3-6-7(5-10)11-12-8(6)9/h3-5H2,1-2H3. The van der Waals surface area contributed by atoms with Crippen LogP contribution in [0.3, 0.4) is 0 Å². The molecule has 0 aliphatic heterocycles. The molecular formula is C9H12BrNO. The first kappa shape index (κ1) is 8.30. The van der Waals surface area contributed by atoms with Crippen molar-refractivity contribution in [1.29, 1.82) is 0 Å². The average Bonchev–Trinajstić information content (AvgIpc) is 2.53. The fraction of sp³-hybridized carbons (Fsp3) is 0.667. The second-order valence-corrected chi connectivity index (χ2v) is 4.52. The highest BCUT2D eigenvalue weighted by molar-refractivity contribution is 9.08. The predicted molar refractivity (Wildman–Crippen MR) is 50.5 cm³/mol. The summed E-state index contributed by atoms with van der Waals surface area (Å²) in [5.41, 5.74) is 2.61. The Labute approximate surface area is 80.4 Å². The molecule has 0 N–H and O–H groups in total. The molecule has 0 fully saturated rings. The van der Waals surface area contributed by atoms with Crippen LogP contribution in [0, 0.1) is 0 Å². The van der Waals surface area contributed by atoms with E-state index in [4.69, 9.17) is 4.52 Å². The Morgan fingerprint density at radius 2 is 2.33 bits per heavy atom. The van der Waals surface area contributed by atoms with Gasteiger partial charge in [-0.2, -0.15) is 0 Å². The largest absolute Gasteiger partial charge is 0.360 e. The molecule has 0 spiro atoms. The maximum absolute atomic E-state index is 5.33. The monoisotopic (exact) mass is 229 g/mol. The van der Waals surface area contributed by atoms with Crippen LogP contribution in [0.1, 0.15) is 37.3 Å². The van der Waals surface area contributed by atoms with Crippen molar-refractivity contribution >= 4 is 15.9 Å². The summed E-state index contributed by atoms with van der Waals surface area (Å²) < 4.78 is 5.33. The van der Waals surface area contributed by atoms with Gasteiger partial charge in [0.1, 0.15) is 5.76 Å². The van der Waals surface area contributed by atoms with Crippen LogP contribution in [-0.2, 0) is 17.2 Å². The van der Waals surface area contributed by atoms with Crippen LogP contribution in [0.25, 0.3) is 0 Å². The summed E-state index contributed by atoms with van der Waals surface area (Å²) in [6, 6.07) is 0. The lowest BCUT2D eigenvalue weighted by molar-refractivity contribution is 0.317. The van der Waals surface area contributed by atoms with E-state index < -0.39 is 0 Å². The van der Waals surface area contributed by atoms with Crippen molar-refractivity contribution in [3.8, 4) is 0 Å². The third-order valence-electron chi connectivity index (χ3n) is 2.61. The van der Waals surface area contributed by atoms with Crippen LogP contribution in [0.4, 0.5) is 0 Å². The zero-order valence-electron chi connectivity index (χ0n) is 7.35. The van der Waals surface area contributed by atoms with E-state index in [0.717, 1.165) is 23.2 Å². The normalized spacial score (nSPS) is 19.6. The maximum atomic E-state index is 5.33. The van der Waals surface area contributed by atoms with Gasteiger partial charge < -0.3 is 4.52 Å². The lowest BCUT2D eigenvalue weighted by Crippen LogP contribution is -2.10. The van der Waals surface area contributed by atoms with Crippen LogP contribution in [-0.4, -0.2) is 5.16 Å². The Hall–Kier alpha value is -0.310. The number of alkyl halides is 1. The van der Waals surface area contributed by atoms with E-state index in [2.05, 4.69) is 34.9 Å². The third kappa shape index (κ3) is 1.03. The van der Waals surface area contributed by atoms with Crippen molar-refractivity contribution in [3.05, 3.63) is 17.0 Å². The molecule has 12 heavy (non-hydrogen) atoms. The Bertz CT molecular complexity index is 303. The first-order valence-corrected chi connectivity index (χ1v) is 5.31. The molecule has 0 unspecified atom stereocenters. The van der Waals surface area contributed by atoms with Gasteiger partial charge in [-0.1, -0.05) is 34.9 Å². The highest BCUT2D eigenvalue weighted by atomic mass is 79.9. The second-order valence-electron chi connectivity index (χ2n) is 3.95. The van der Waals surface area contributed by atoms with Crippen LogP contribution in [0.15, 0.2) is 4.52 Å². The van der Waals surface area contributed by atoms with E-state index in [1.165, 1.54) is 12.0 Å². The zero-order valence-corrected chi connectivity index (χ0v) is 8.94. The minimum atomic E-state index is 0.197. The summed E-state index contributed by atoms with van der Waals surface area (Å²) >= 11 is 3.41. The number of hydrogen-bond donors (Lipinski definition) is 0. The van der Waals surface area contributed by atoms with E-state index >= 15 is 0 Å². The number of halogens is 1. The zero-order chi connectivity index (χ0) is 8.77. The number of nitrogens with zero attached hydrogens (tertiary/aromatic N) is 1. The van der Waals surface area contributed by atoms with Gasteiger partial charge in [0.05, 0.1) is 5.69 Å². The van der Waals surface area contributed by atoms with E-state index in [-0.39, 0.29) is 5.41 Å². The summed E-state index contributed by atoms with van der Waals surface area (Å²) in [7, 11) is 0. The fourth-order valence-electron chi connectivity index (χ4n) is 1.79. The summed E-state index contributed by atoms with van der Waals surface area (Å²) in [6.07, 6.45) is 2.30. The Balaban J connectivity index is 2.49. The van der Waals surface area contributed by atoms with Gasteiger partial charge in [-0.3, -0.25) is 0 Å². The molecule has 2 nitrogen and oxygen atoms in total. The molecule has 1 aromatic rings. The van der Waals surface area contributed by atoms with Gasteiger partial charge in [0.15, 0.2) is 0 Å². The molecule has 66 valence electrons. The molecular weight excluding hydrogens is 218 g/mol. The Kier molecular flexibility index (Phi) is 1.79. The molecule has 0 amide bonds. The summed E-state index contributed by atoms with van der Waals surface area (Å²) in [5, 5.41) is 4.84. The molecule has 0 bridgehead atoms. The van der Waals surface area contributed by atoms with Crippen molar-refractivity contribution in [2.24, 2.45) is 0 Å². The van der Waals surface area contributed by atoms with E-state index in [0.29, 0.717) is 0 Å². The lowest BCUT2D eigenvalue weighted by Gasteiger charge is -2.13. The van der Waals surface area contributed by atoms with Gasteiger partial charge in [-0.05, 0) is 12.8 Å². The number of hydrogen-bond acceptors (Lipinski definition) is 2. The van der Waals surface area contributed by atoms with Crippen LogP contribution in [0.2, 0.25) is 0 Å². The van der Waals surface area contributed by atoms with Crippen LogP contribution in [0.5, 0.6) is 0 Å². The topological polar surface area (TPSA) is 26.0 Å². The smallest absolute Gasteiger partial charge is 0.145 e. The molecule has 0 radical (unpaired) electrons. The van der Waals surface area contributed by atoms with E-state index in [1.54, 1.807) is 0 Å². The Morgan fingerprint density at radius 1 is 1.58 bits per heavy atom. The minimum absolute atomic E-state index is 0.197. The predicted octanol–water partition coefficient (Wildman–Crippen LogP) is 2.79.